The molecular formula is C15H12BrN3O2. The number of nitrogen functional groups attached to an aromatic ring is 1. The predicted octanol–water partition coefficient (Wildman–Crippen LogP) is 3.76. The molecule has 106 valence electrons. The van der Waals surface area contributed by atoms with Crippen LogP contribution < -0.4 is 10.5 Å². The van der Waals surface area contributed by atoms with E-state index < -0.39 is 0 Å². The molecule has 0 aliphatic heterocycles. The van der Waals surface area contributed by atoms with E-state index >= 15 is 0 Å². The summed E-state index contributed by atoms with van der Waals surface area (Å²) < 4.78 is 11.6. The molecule has 0 saturated heterocycles. The molecular weight excluding hydrogens is 334 g/mol. The number of ether oxygens (including phenoxy) is 1. The monoisotopic (exact) mass is 345 g/mol. The van der Waals surface area contributed by atoms with Crippen molar-refractivity contribution in [3.8, 4) is 28.6 Å². The third kappa shape index (κ3) is 2.62. The van der Waals surface area contributed by atoms with Crippen molar-refractivity contribution in [3.63, 3.8) is 0 Å². The molecule has 0 aliphatic carbocycles. The third-order valence-corrected chi connectivity index (χ3v) is 3.51. The van der Waals surface area contributed by atoms with Crippen LogP contribution in [0.15, 0.2) is 51.5 Å². The predicted molar refractivity (Wildman–Crippen MR) is 83.8 cm³/mol. The summed E-state index contributed by atoms with van der Waals surface area (Å²) in [5.41, 5.74) is 8.00. The van der Waals surface area contributed by atoms with Crippen LogP contribution in [0, 0.1) is 0 Å². The van der Waals surface area contributed by atoms with Gasteiger partial charge in [-0.15, -0.1) is 0 Å². The van der Waals surface area contributed by atoms with Gasteiger partial charge in [0.2, 0.25) is 5.82 Å². The zero-order chi connectivity index (χ0) is 14.8. The minimum atomic E-state index is 0.387. The number of aromatic nitrogens is 2. The van der Waals surface area contributed by atoms with Gasteiger partial charge in [0, 0.05) is 15.7 Å². The number of hydrogen-bond acceptors (Lipinski definition) is 5. The molecule has 0 radical (unpaired) electrons. The average molecular weight is 346 g/mol. The van der Waals surface area contributed by atoms with E-state index in [0.29, 0.717) is 23.2 Å². The molecule has 0 fully saturated rings. The fourth-order valence-electron chi connectivity index (χ4n) is 1.98. The molecule has 1 aromatic heterocycles. The Labute approximate surface area is 129 Å². The highest BCUT2D eigenvalue weighted by molar-refractivity contribution is 9.10. The van der Waals surface area contributed by atoms with E-state index in [9.17, 15) is 0 Å². The van der Waals surface area contributed by atoms with Crippen LogP contribution in [-0.4, -0.2) is 17.3 Å². The molecule has 2 N–H and O–H groups in total. The highest BCUT2D eigenvalue weighted by Gasteiger charge is 2.16. The SMILES string of the molecule is COc1cc(Br)ccc1-c1nc(-c2ccccc2N)no1. The standard InChI is InChI=1S/C15H12BrN3O2/c1-20-13-8-9(16)6-7-11(13)15-18-14(19-21-15)10-4-2-3-5-12(10)17/h2-8H,17H2,1H3. The topological polar surface area (TPSA) is 74.2 Å². The van der Waals surface area contributed by atoms with Crippen LogP contribution >= 0.6 is 15.9 Å². The van der Waals surface area contributed by atoms with Crippen LogP contribution in [-0.2, 0) is 0 Å². The Morgan fingerprint density at radius 2 is 1.95 bits per heavy atom. The van der Waals surface area contributed by atoms with Gasteiger partial charge in [-0.25, -0.2) is 0 Å². The van der Waals surface area contributed by atoms with Crippen molar-refractivity contribution in [2.45, 2.75) is 0 Å². The van der Waals surface area contributed by atoms with E-state index in [0.717, 1.165) is 15.6 Å². The first-order valence-corrected chi connectivity index (χ1v) is 7.01. The minimum Gasteiger partial charge on any atom is -0.496 e. The van der Waals surface area contributed by atoms with Gasteiger partial charge in [-0.05, 0) is 30.3 Å². The zero-order valence-corrected chi connectivity index (χ0v) is 12.8. The molecule has 3 aromatic rings. The first-order chi connectivity index (χ1) is 10.2. The highest BCUT2D eigenvalue weighted by Crippen LogP contribution is 2.33. The number of hydrogen-bond donors (Lipinski definition) is 1. The number of benzene rings is 2. The molecule has 5 nitrogen and oxygen atoms in total. The van der Waals surface area contributed by atoms with Gasteiger partial charge in [-0.1, -0.05) is 33.2 Å². The smallest absolute Gasteiger partial charge is 0.262 e. The molecule has 1 heterocycles. The number of nitrogens with two attached hydrogens (primary N) is 1. The number of methoxy groups -OCH3 is 1. The fourth-order valence-corrected chi connectivity index (χ4v) is 2.32. The second-order valence-corrected chi connectivity index (χ2v) is 5.27. The van der Waals surface area contributed by atoms with Gasteiger partial charge in [-0.2, -0.15) is 4.98 Å². The Morgan fingerprint density at radius 3 is 2.71 bits per heavy atom. The van der Waals surface area contributed by atoms with Crippen molar-refractivity contribution in [1.29, 1.82) is 0 Å². The molecule has 3 rings (SSSR count). The Bertz CT molecular complexity index is 786. The largest absolute Gasteiger partial charge is 0.496 e. The molecule has 0 aliphatic rings. The fraction of sp³-hybridized carbons (Fsp3) is 0.0667. The molecule has 21 heavy (non-hydrogen) atoms. The number of nitrogens with zero attached hydrogens (tertiary/aromatic N) is 2. The second-order valence-electron chi connectivity index (χ2n) is 4.35. The maximum atomic E-state index is 5.92. The van der Waals surface area contributed by atoms with Crippen LogP contribution in [0.1, 0.15) is 0 Å². The summed E-state index contributed by atoms with van der Waals surface area (Å²) in [7, 11) is 1.59. The van der Waals surface area contributed by atoms with Gasteiger partial charge in [0.15, 0.2) is 0 Å². The summed E-state index contributed by atoms with van der Waals surface area (Å²) in [6.45, 7) is 0. The van der Waals surface area contributed by atoms with Crippen molar-refractivity contribution >= 4 is 21.6 Å². The van der Waals surface area contributed by atoms with Crippen LogP contribution in [0.2, 0.25) is 0 Å². The van der Waals surface area contributed by atoms with Gasteiger partial charge in [0.1, 0.15) is 5.75 Å². The summed E-state index contributed by atoms with van der Waals surface area (Å²) in [6, 6.07) is 13.0. The maximum absolute atomic E-state index is 5.92. The quantitative estimate of drug-likeness (QED) is 0.731. The van der Waals surface area contributed by atoms with Crippen molar-refractivity contribution in [1.82, 2.24) is 10.1 Å². The Balaban J connectivity index is 2.05. The van der Waals surface area contributed by atoms with Crippen molar-refractivity contribution in [2.75, 3.05) is 12.8 Å². The Morgan fingerprint density at radius 1 is 1.14 bits per heavy atom. The number of para-hydroxylation sites is 1. The highest BCUT2D eigenvalue weighted by atomic mass is 79.9. The lowest BCUT2D eigenvalue weighted by Crippen LogP contribution is -1.91. The van der Waals surface area contributed by atoms with Crippen LogP contribution in [0.3, 0.4) is 0 Å². The first kappa shape index (κ1) is 13.6. The molecule has 0 spiro atoms. The molecule has 0 unspecified atom stereocenters. The van der Waals surface area contributed by atoms with Crippen molar-refractivity contribution < 1.29 is 9.26 Å². The van der Waals surface area contributed by atoms with Crippen molar-refractivity contribution in [3.05, 3.63) is 46.9 Å². The molecule has 0 saturated carbocycles. The first-order valence-electron chi connectivity index (χ1n) is 6.21. The molecule has 0 amide bonds. The number of anilines is 1. The van der Waals surface area contributed by atoms with Gasteiger partial charge in [-0.3, -0.25) is 0 Å². The van der Waals surface area contributed by atoms with Gasteiger partial charge >= 0.3 is 0 Å². The summed E-state index contributed by atoms with van der Waals surface area (Å²) in [6.07, 6.45) is 0. The Hall–Kier alpha value is -2.34. The van der Waals surface area contributed by atoms with E-state index in [-0.39, 0.29) is 0 Å². The molecule has 0 bridgehead atoms. The Kier molecular flexibility index (Phi) is 3.62. The lowest BCUT2D eigenvalue weighted by atomic mass is 10.1. The molecule has 0 atom stereocenters. The lowest BCUT2D eigenvalue weighted by molar-refractivity contribution is 0.405. The molecule has 2 aromatic carbocycles. The van der Waals surface area contributed by atoms with Gasteiger partial charge < -0.3 is 15.0 Å². The van der Waals surface area contributed by atoms with E-state index in [1.807, 2.05) is 36.4 Å². The minimum absolute atomic E-state index is 0.387. The zero-order valence-electron chi connectivity index (χ0n) is 11.2. The van der Waals surface area contributed by atoms with E-state index in [4.69, 9.17) is 15.0 Å². The van der Waals surface area contributed by atoms with E-state index in [2.05, 4.69) is 26.1 Å². The summed E-state index contributed by atoms with van der Waals surface area (Å²) in [5.74, 6) is 1.49. The molecule has 6 heteroatoms. The van der Waals surface area contributed by atoms with E-state index in [1.165, 1.54) is 0 Å². The normalized spacial score (nSPS) is 10.6. The summed E-state index contributed by atoms with van der Waals surface area (Å²) in [4.78, 5) is 4.40. The lowest BCUT2D eigenvalue weighted by Gasteiger charge is -2.04. The number of rotatable bonds is 3. The van der Waals surface area contributed by atoms with Gasteiger partial charge in [0.25, 0.3) is 5.89 Å². The average Bonchev–Trinajstić information content (AvgIpc) is 2.97. The van der Waals surface area contributed by atoms with Crippen LogP contribution in [0.25, 0.3) is 22.8 Å². The van der Waals surface area contributed by atoms with Crippen LogP contribution in [0.5, 0.6) is 5.75 Å². The summed E-state index contributed by atoms with van der Waals surface area (Å²) >= 11 is 3.40. The number of halogens is 1. The third-order valence-electron chi connectivity index (χ3n) is 3.02. The van der Waals surface area contributed by atoms with E-state index in [1.54, 1.807) is 13.2 Å². The maximum Gasteiger partial charge on any atom is 0.262 e. The summed E-state index contributed by atoms with van der Waals surface area (Å²) in [5, 5.41) is 3.99. The van der Waals surface area contributed by atoms with Gasteiger partial charge in [0.05, 0.1) is 12.7 Å². The van der Waals surface area contributed by atoms with Crippen molar-refractivity contribution in [2.24, 2.45) is 0 Å². The second kappa shape index (κ2) is 5.57. The van der Waals surface area contributed by atoms with Crippen LogP contribution in [0.4, 0.5) is 5.69 Å².